The van der Waals surface area contributed by atoms with Gasteiger partial charge in [0, 0.05) is 23.6 Å². The van der Waals surface area contributed by atoms with E-state index in [9.17, 15) is 9.59 Å². The van der Waals surface area contributed by atoms with Crippen LogP contribution in [0, 0.1) is 0 Å². The van der Waals surface area contributed by atoms with Crippen molar-refractivity contribution in [1.29, 1.82) is 0 Å². The normalized spacial score (nSPS) is 18.6. The summed E-state index contributed by atoms with van der Waals surface area (Å²) in [5.41, 5.74) is 2.58. The lowest BCUT2D eigenvalue weighted by Gasteiger charge is -2.35. The number of aromatic nitrogens is 4. The Morgan fingerprint density at radius 3 is 2.93 bits per heavy atom. The van der Waals surface area contributed by atoms with Crippen LogP contribution in [0.2, 0.25) is 0 Å². The average Bonchev–Trinajstić information content (AvgIpc) is 3.14. The zero-order chi connectivity index (χ0) is 18.8. The van der Waals surface area contributed by atoms with E-state index in [0.717, 1.165) is 24.1 Å². The summed E-state index contributed by atoms with van der Waals surface area (Å²) in [5, 5.41) is 9.94. The summed E-state index contributed by atoms with van der Waals surface area (Å²) in [6, 6.07) is 9.02. The Morgan fingerprint density at radius 2 is 2.15 bits per heavy atom. The van der Waals surface area contributed by atoms with Crippen LogP contribution in [0.15, 0.2) is 47.7 Å². The Kier molecular flexibility index (Phi) is 4.45. The summed E-state index contributed by atoms with van der Waals surface area (Å²) in [6.07, 6.45) is 4.46. The van der Waals surface area contributed by atoms with E-state index in [-0.39, 0.29) is 23.4 Å². The second-order valence-corrected chi connectivity index (χ2v) is 6.57. The summed E-state index contributed by atoms with van der Waals surface area (Å²) < 4.78 is 5.24. The number of H-pyrrole nitrogens is 2. The number of carbonyl (C=O) groups excluding carboxylic acids is 1. The molecule has 1 aliphatic rings. The van der Waals surface area contributed by atoms with Crippen molar-refractivity contribution in [3.63, 3.8) is 0 Å². The van der Waals surface area contributed by atoms with E-state index in [1.165, 1.54) is 18.6 Å². The summed E-state index contributed by atoms with van der Waals surface area (Å²) >= 11 is 0. The van der Waals surface area contributed by atoms with Gasteiger partial charge in [0.25, 0.3) is 11.5 Å². The number of hydrogen-bond acceptors (Lipinski definition) is 5. The Hall–Kier alpha value is -3.42. The van der Waals surface area contributed by atoms with Gasteiger partial charge in [-0.05, 0) is 25.0 Å². The van der Waals surface area contributed by atoms with Crippen molar-refractivity contribution in [3.8, 4) is 17.0 Å². The molecule has 0 atom stereocenters. The molecular formula is C19H19N5O3. The first kappa shape index (κ1) is 17.0. The molecule has 0 radical (unpaired) electrons. The second-order valence-electron chi connectivity index (χ2n) is 6.57. The van der Waals surface area contributed by atoms with E-state index in [1.807, 2.05) is 24.3 Å². The third-order valence-electron chi connectivity index (χ3n) is 4.83. The molecule has 0 aliphatic heterocycles. The highest BCUT2D eigenvalue weighted by Crippen LogP contribution is 2.35. The third kappa shape index (κ3) is 3.46. The highest BCUT2D eigenvalue weighted by Gasteiger charge is 2.33. The number of rotatable bonds is 5. The van der Waals surface area contributed by atoms with Crippen molar-refractivity contribution >= 4 is 5.91 Å². The van der Waals surface area contributed by atoms with E-state index in [4.69, 9.17) is 4.74 Å². The lowest BCUT2D eigenvalue weighted by molar-refractivity contribution is 0.0909. The Bertz CT molecular complexity index is 1020. The van der Waals surface area contributed by atoms with Gasteiger partial charge in [0.05, 0.1) is 36.6 Å². The maximum absolute atomic E-state index is 12.7. The highest BCUT2D eigenvalue weighted by molar-refractivity contribution is 6.00. The van der Waals surface area contributed by atoms with E-state index in [1.54, 1.807) is 7.11 Å². The molecule has 8 nitrogen and oxygen atoms in total. The van der Waals surface area contributed by atoms with Gasteiger partial charge in [-0.2, -0.15) is 5.10 Å². The smallest absolute Gasteiger partial charge is 0.255 e. The molecule has 2 aromatic heterocycles. The monoisotopic (exact) mass is 365 g/mol. The van der Waals surface area contributed by atoms with Gasteiger partial charge in [-0.3, -0.25) is 14.7 Å². The fourth-order valence-corrected chi connectivity index (χ4v) is 3.30. The van der Waals surface area contributed by atoms with Gasteiger partial charge in [0.2, 0.25) is 0 Å². The molecule has 0 spiro atoms. The predicted octanol–water partition coefficient (Wildman–Crippen LogP) is 1.84. The maximum Gasteiger partial charge on any atom is 0.255 e. The molecule has 1 saturated carbocycles. The first-order valence-electron chi connectivity index (χ1n) is 8.67. The number of ether oxygens (including phenoxy) is 1. The SMILES string of the molecule is COc1cccc(-c2[nH]ncc2C(=O)NC2CC(c3cc(=O)[nH]cn3)C2)c1. The molecule has 1 aliphatic carbocycles. The van der Waals surface area contributed by atoms with Crippen LogP contribution in [0.5, 0.6) is 5.75 Å². The number of amides is 1. The topological polar surface area (TPSA) is 113 Å². The van der Waals surface area contributed by atoms with Crippen LogP contribution in [0.3, 0.4) is 0 Å². The van der Waals surface area contributed by atoms with Gasteiger partial charge < -0.3 is 15.0 Å². The third-order valence-corrected chi connectivity index (χ3v) is 4.83. The summed E-state index contributed by atoms with van der Waals surface area (Å²) in [6.45, 7) is 0. The van der Waals surface area contributed by atoms with Gasteiger partial charge in [-0.15, -0.1) is 0 Å². The van der Waals surface area contributed by atoms with Gasteiger partial charge in [0.15, 0.2) is 0 Å². The van der Waals surface area contributed by atoms with E-state index in [2.05, 4.69) is 25.5 Å². The number of nitrogens with zero attached hydrogens (tertiary/aromatic N) is 2. The average molecular weight is 365 g/mol. The summed E-state index contributed by atoms with van der Waals surface area (Å²) in [4.78, 5) is 30.8. The second kappa shape index (κ2) is 7.06. The van der Waals surface area contributed by atoms with Gasteiger partial charge >= 0.3 is 0 Å². The van der Waals surface area contributed by atoms with Gasteiger partial charge in [-0.25, -0.2) is 4.98 Å². The Labute approximate surface area is 155 Å². The molecule has 1 amide bonds. The van der Waals surface area contributed by atoms with Crippen molar-refractivity contribution in [3.05, 3.63) is 64.5 Å². The molecule has 0 unspecified atom stereocenters. The molecule has 2 heterocycles. The first-order valence-corrected chi connectivity index (χ1v) is 8.67. The quantitative estimate of drug-likeness (QED) is 0.639. The van der Waals surface area contributed by atoms with Crippen LogP contribution >= 0.6 is 0 Å². The molecule has 3 aromatic rings. The van der Waals surface area contributed by atoms with Crippen molar-refractivity contribution in [2.45, 2.75) is 24.8 Å². The van der Waals surface area contributed by atoms with Gasteiger partial charge in [-0.1, -0.05) is 12.1 Å². The maximum atomic E-state index is 12.7. The Morgan fingerprint density at radius 1 is 1.30 bits per heavy atom. The van der Waals surface area contributed by atoms with E-state index >= 15 is 0 Å². The zero-order valence-corrected chi connectivity index (χ0v) is 14.7. The van der Waals surface area contributed by atoms with Crippen LogP contribution in [-0.2, 0) is 0 Å². The van der Waals surface area contributed by atoms with Crippen molar-refractivity contribution in [2.75, 3.05) is 7.11 Å². The molecule has 4 rings (SSSR count). The molecule has 3 N–H and O–H groups in total. The van der Waals surface area contributed by atoms with Crippen molar-refractivity contribution in [2.24, 2.45) is 0 Å². The fourth-order valence-electron chi connectivity index (χ4n) is 3.30. The van der Waals surface area contributed by atoms with E-state index < -0.39 is 0 Å². The molecule has 0 saturated heterocycles. The number of nitrogens with one attached hydrogen (secondary N) is 3. The minimum Gasteiger partial charge on any atom is -0.497 e. The van der Waals surface area contributed by atoms with E-state index in [0.29, 0.717) is 17.0 Å². The first-order chi connectivity index (χ1) is 13.1. The molecular weight excluding hydrogens is 346 g/mol. The molecule has 0 bridgehead atoms. The minimum absolute atomic E-state index is 0.0525. The van der Waals surface area contributed by atoms with Crippen molar-refractivity contribution < 1.29 is 9.53 Å². The largest absolute Gasteiger partial charge is 0.497 e. The summed E-state index contributed by atoms with van der Waals surface area (Å²) in [5.74, 6) is 0.726. The summed E-state index contributed by atoms with van der Waals surface area (Å²) in [7, 11) is 1.60. The molecule has 27 heavy (non-hydrogen) atoms. The van der Waals surface area contributed by atoms with Crippen LogP contribution < -0.4 is 15.6 Å². The lowest BCUT2D eigenvalue weighted by Crippen LogP contribution is -2.43. The Balaban J connectivity index is 1.43. The molecule has 8 heteroatoms. The standard InChI is InChI=1S/C19H19N5O3/c1-27-14-4-2-3-11(7-14)18-15(9-22-24-18)19(26)23-13-5-12(6-13)16-8-17(25)21-10-20-16/h2-4,7-10,12-13H,5-6H2,1H3,(H,22,24)(H,23,26)(H,20,21,25). The molecule has 138 valence electrons. The number of hydrogen-bond donors (Lipinski definition) is 3. The van der Waals surface area contributed by atoms with Crippen LogP contribution in [0.4, 0.5) is 0 Å². The predicted molar refractivity (Wildman–Crippen MR) is 98.7 cm³/mol. The van der Waals surface area contributed by atoms with Crippen molar-refractivity contribution in [1.82, 2.24) is 25.5 Å². The zero-order valence-electron chi connectivity index (χ0n) is 14.7. The molecule has 1 fully saturated rings. The van der Waals surface area contributed by atoms with Crippen LogP contribution in [0.25, 0.3) is 11.3 Å². The number of benzene rings is 1. The number of aromatic amines is 2. The number of carbonyl (C=O) groups is 1. The fraction of sp³-hybridized carbons (Fsp3) is 0.263. The lowest BCUT2D eigenvalue weighted by atomic mass is 9.78. The highest BCUT2D eigenvalue weighted by atomic mass is 16.5. The minimum atomic E-state index is -0.177. The number of methoxy groups -OCH3 is 1. The van der Waals surface area contributed by atoms with Crippen LogP contribution in [-0.4, -0.2) is 39.2 Å². The van der Waals surface area contributed by atoms with Crippen LogP contribution in [0.1, 0.15) is 34.8 Å². The molecule has 1 aromatic carbocycles. The van der Waals surface area contributed by atoms with Gasteiger partial charge in [0.1, 0.15) is 5.75 Å².